The maximum Gasteiger partial charge on any atom is 0.261 e. The van der Waals surface area contributed by atoms with Gasteiger partial charge in [0.05, 0.1) is 24.2 Å². The van der Waals surface area contributed by atoms with Crippen LogP contribution in [0.25, 0.3) is 0 Å². The fourth-order valence-electron chi connectivity index (χ4n) is 1.94. The number of sulfonamides is 1. The van der Waals surface area contributed by atoms with Crippen molar-refractivity contribution in [1.82, 2.24) is 0 Å². The summed E-state index contributed by atoms with van der Waals surface area (Å²) < 4.78 is 28.4. The summed E-state index contributed by atoms with van der Waals surface area (Å²) in [6, 6.07) is 10.1. The number of hydrogen-bond acceptors (Lipinski definition) is 2. The quantitative estimate of drug-likeness (QED) is 0.449. The van der Waals surface area contributed by atoms with E-state index in [0.29, 0.717) is 19.3 Å². The van der Waals surface area contributed by atoms with Crippen molar-refractivity contribution in [3.8, 4) is 0 Å². The first-order valence-electron chi connectivity index (χ1n) is 6.79. The number of hydrogen-bond donors (Lipinski definition) is 1. The van der Waals surface area contributed by atoms with Crippen LogP contribution in [0.2, 0.25) is 10.0 Å². The predicted octanol–water partition coefficient (Wildman–Crippen LogP) is 5.70. The summed E-state index contributed by atoms with van der Waals surface area (Å²) in [5.41, 5.74) is 1.22. The molecule has 7 heteroatoms. The average molecular weight is 484 g/mol. The van der Waals surface area contributed by atoms with Crippen molar-refractivity contribution in [2.45, 2.75) is 31.1 Å². The van der Waals surface area contributed by atoms with Crippen molar-refractivity contribution in [1.29, 1.82) is 0 Å². The van der Waals surface area contributed by atoms with Crippen LogP contribution in [-0.4, -0.2) is 8.42 Å². The molecule has 3 nitrogen and oxygen atoms in total. The zero-order chi connectivity index (χ0) is 17.4. The van der Waals surface area contributed by atoms with Crippen molar-refractivity contribution in [2.75, 3.05) is 4.72 Å². The average Bonchev–Trinajstić information content (AvgIpc) is 2.47. The van der Waals surface area contributed by atoms with Gasteiger partial charge in [-0.05, 0) is 57.8 Å². The summed E-state index contributed by atoms with van der Waals surface area (Å²) in [5.74, 6) is 0. The molecular weight excluding hydrogens is 468 g/mol. The second-order valence-electron chi connectivity index (χ2n) is 6.11. The van der Waals surface area contributed by atoms with Gasteiger partial charge in [-0.3, -0.25) is 4.72 Å². The molecule has 2 aromatic rings. The highest BCUT2D eigenvalue weighted by atomic mass is 127. The van der Waals surface area contributed by atoms with E-state index < -0.39 is 10.0 Å². The third-order valence-electron chi connectivity index (χ3n) is 3.29. The van der Waals surface area contributed by atoms with Gasteiger partial charge in [0.25, 0.3) is 10.0 Å². The van der Waals surface area contributed by atoms with Crippen LogP contribution in [0, 0.1) is 3.57 Å². The Kier molecular flexibility index (Phi) is 5.55. The van der Waals surface area contributed by atoms with Crippen molar-refractivity contribution >= 4 is 61.5 Å². The SMILES string of the molecule is CC(C)(C)c1cccc(S(=O)(=O)Nc2ccc(Cl)c(Cl)c2I)c1. The van der Waals surface area contributed by atoms with Crippen LogP contribution >= 0.6 is 45.8 Å². The highest BCUT2D eigenvalue weighted by Crippen LogP contribution is 2.34. The van der Waals surface area contributed by atoms with Crippen LogP contribution in [0.5, 0.6) is 0 Å². The monoisotopic (exact) mass is 483 g/mol. The highest BCUT2D eigenvalue weighted by molar-refractivity contribution is 14.1. The topological polar surface area (TPSA) is 46.2 Å². The molecule has 0 aliphatic carbocycles. The lowest BCUT2D eigenvalue weighted by molar-refractivity contribution is 0.585. The van der Waals surface area contributed by atoms with Crippen LogP contribution in [0.15, 0.2) is 41.3 Å². The molecule has 0 aliphatic rings. The number of halogens is 3. The molecule has 0 atom stereocenters. The highest BCUT2D eigenvalue weighted by Gasteiger charge is 2.20. The van der Waals surface area contributed by atoms with Crippen molar-refractivity contribution < 1.29 is 8.42 Å². The molecule has 0 saturated heterocycles. The molecule has 1 N–H and O–H groups in total. The summed E-state index contributed by atoms with van der Waals surface area (Å²) in [6.45, 7) is 6.11. The molecule has 2 aromatic carbocycles. The molecule has 0 amide bonds. The minimum atomic E-state index is -3.70. The number of anilines is 1. The molecule has 23 heavy (non-hydrogen) atoms. The van der Waals surface area contributed by atoms with Crippen LogP contribution in [0.3, 0.4) is 0 Å². The number of rotatable bonds is 3. The Morgan fingerprint density at radius 2 is 1.74 bits per heavy atom. The molecular formula is C16H16Cl2INO2S. The normalized spacial score (nSPS) is 12.3. The van der Waals surface area contributed by atoms with E-state index in [2.05, 4.69) is 4.72 Å². The molecule has 124 valence electrons. The zero-order valence-corrected chi connectivity index (χ0v) is 17.3. The van der Waals surface area contributed by atoms with Gasteiger partial charge in [0.15, 0.2) is 0 Å². The summed E-state index contributed by atoms with van der Waals surface area (Å²) >= 11 is 14.0. The van der Waals surface area contributed by atoms with Gasteiger partial charge < -0.3 is 0 Å². The van der Waals surface area contributed by atoms with Gasteiger partial charge in [-0.15, -0.1) is 0 Å². The number of benzene rings is 2. The molecule has 0 heterocycles. The molecule has 0 fully saturated rings. The Balaban J connectivity index is 2.43. The van der Waals surface area contributed by atoms with E-state index in [1.165, 1.54) is 0 Å². The maximum atomic E-state index is 12.6. The second-order valence-corrected chi connectivity index (χ2v) is 9.65. The summed E-state index contributed by atoms with van der Waals surface area (Å²) in [7, 11) is -3.70. The molecule has 0 saturated carbocycles. The summed E-state index contributed by atoms with van der Waals surface area (Å²) in [4.78, 5) is 0.215. The maximum absolute atomic E-state index is 12.6. The third-order valence-corrected chi connectivity index (χ3v) is 6.90. The largest absolute Gasteiger partial charge is 0.278 e. The van der Waals surface area contributed by atoms with Gasteiger partial charge in [-0.25, -0.2) is 8.42 Å². The van der Waals surface area contributed by atoms with Gasteiger partial charge in [-0.1, -0.05) is 56.1 Å². The summed E-state index contributed by atoms with van der Waals surface area (Å²) in [6.07, 6.45) is 0. The minimum absolute atomic E-state index is 0.135. The Morgan fingerprint density at radius 3 is 2.35 bits per heavy atom. The zero-order valence-electron chi connectivity index (χ0n) is 12.8. The first kappa shape index (κ1) is 18.8. The first-order valence-corrected chi connectivity index (χ1v) is 10.1. The molecule has 0 aromatic heterocycles. The third kappa shape index (κ3) is 4.32. The van der Waals surface area contributed by atoms with Crippen molar-refractivity contribution in [3.63, 3.8) is 0 Å². The molecule has 0 unspecified atom stereocenters. The van der Waals surface area contributed by atoms with Crippen LogP contribution in [0.4, 0.5) is 5.69 Å². The Hall–Kier alpha value is -0.500. The predicted molar refractivity (Wildman–Crippen MR) is 105 cm³/mol. The fraction of sp³-hybridized carbons (Fsp3) is 0.250. The first-order chi connectivity index (χ1) is 10.5. The van der Waals surface area contributed by atoms with Gasteiger partial charge in [0.1, 0.15) is 0 Å². The van der Waals surface area contributed by atoms with Gasteiger partial charge in [-0.2, -0.15) is 0 Å². The lowest BCUT2D eigenvalue weighted by Gasteiger charge is -2.20. The molecule has 0 aliphatic heterocycles. The van der Waals surface area contributed by atoms with Crippen molar-refractivity contribution in [2.24, 2.45) is 0 Å². The Bertz CT molecular complexity index is 846. The Labute approximate surface area is 160 Å². The van der Waals surface area contributed by atoms with Crippen molar-refractivity contribution in [3.05, 3.63) is 55.6 Å². The van der Waals surface area contributed by atoms with Crippen LogP contribution in [-0.2, 0) is 15.4 Å². The Morgan fingerprint density at radius 1 is 1.09 bits per heavy atom. The second kappa shape index (κ2) is 6.78. The molecule has 0 bridgehead atoms. The smallest absolute Gasteiger partial charge is 0.261 e. The van der Waals surface area contributed by atoms with Crippen LogP contribution < -0.4 is 4.72 Å². The minimum Gasteiger partial charge on any atom is -0.278 e. The summed E-state index contributed by atoms with van der Waals surface area (Å²) in [5, 5.41) is 0.713. The standard InChI is InChI=1S/C16H16Cl2INO2S/c1-16(2,3)10-5-4-6-11(9-10)23(21,22)20-13-8-7-12(17)14(18)15(13)19/h4-9,20H,1-3H3. The van der Waals surface area contributed by atoms with E-state index in [9.17, 15) is 8.42 Å². The number of nitrogens with one attached hydrogen (secondary N) is 1. The molecule has 2 rings (SSSR count). The van der Waals surface area contributed by atoms with Crippen LogP contribution in [0.1, 0.15) is 26.3 Å². The van der Waals surface area contributed by atoms with E-state index in [1.54, 1.807) is 30.3 Å². The van der Waals surface area contributed by atoms with E-state index in [-0.39, 0.29) is 10.3 Å². The lowest BCUT2D eigenvalue weighted by atomic mass is 9.87. The van der Waals surface area contributed by atoms with Gasteiger partial charge >= 0.3 is 0 Å². The fourth-order valence-corrected chi connectivity index (χ4v) is 4.33. The van der Waals surface area contributed by atoms with E-state index in [4.69, 9.17) is 23.2 Å². The van der Waals surface area contributed by atoms with Gasteiger partial charge in [0, 0.05) is 0 Å². The molecule has 0 spiro atoms. The molecule has 0 radical (unpaired) electrons. The van der Waals surface area contributed by atoms with E-state index >= 15 is 0 Å². The van der Waals surface area contributed by atoms with E-state index in [0.717, 1.165) is 5.56 Å². The van der Waals surface area contributed by atoms with E-state index in [1.807, 2.05) is 49.4 Å². The lowest BCUT2D eigenvalue weighted by Crippen LogP contribution is -2.16. The van der Waals surface area contributed by atoms with Gasteiger partial charge in [0.2, 0.25) is 0 Å².